The van der Waals surface area contributed by atoms with Crippen molar-refractivity contribution in [1.82, 2.24) is 0 Å². The van der Waals surface area contributed by atoms with Gasteiger partial charge in [-0.1, -0.05) is 24.3 Å². The molecule has 0 aromatic heterocycles. The second-order valence-corrected chi connectivity index (χ2v) is 7.90. The molecule has 0 bridgehead atoms. The Morgan fingerprint density at radius 1 is 0.833 bits per heavy atom. The molecule has 0 saturated heterocycles. The van der Waals surface area contributed by atoms with Gasteiger partial charge in [0.05, 0.1) is 22.5 Å². The molecule has 1 aliphatic carbocycles. The van der Waals surface area contributed by atoms with Gasteiger partial charge in [0.25, 0.3) is 10.1 Å². The first-order valence-corrected chi connectivity index (χ1v) is 9.87. The molecule has 0 amide bonds. The molecule has 146 valence electrons. The van der Waals surface area contributed by atoms with Crippen LogP contribution >= 0.6 is 0 Å². The number of hydrogen-bond donors (Lipinski definition) is 4. The molecule has 4 rings (SSSR count). The molecular formula is C20H15N3NaO5S+. The fourth-order valence-corrected chi connectivity index (χ4v) is 3.97. The van der Waals surface area contributed by atoms with Crippen LogP contribution in [0.3, 0.4) is 0 Å². The summed E-state index contributed by atoms with van der Waals surface area (Å²) in [6, 6.07) is 13.7. The maximum Gasteiger partial charge on any atom is 1.00 e. The smallest absolute Gasteiger partial charge is 0.399 e. The molecule has 3 aromatic rings. The summed E-state index contributed by atoms with van der Waals surface area (Å²) >= 11 is 0. The Kier molecular flexibility index (Phi) is 5.76. The molecule has 30 heavy (non-hydrogen) atoms. The fourth-order valence-electron chi connectivity index (χ4n) is 3.33. The van der Waals surface area contributed by atoms with E-state index in [0.717, 1.165) is 6.07 Å². The minimum atomic E-state index is -4.76. The molecule has 0 radical (unpaired) electrons. The second-order valence-electron chi connectivity index (χ2n) is 6.51. The summed E-state index contributed by atoms with van der Waals surface area (Å²) in [7, 11) is -4.76. The fraction of sp³-hybridized carbons (Fsp3) is 0. The number of nitrogens with two attached hydrogens (primary N) is 2. The van der Waals surface area contributed by atoms with E-state index in [2.05, 4.69) is 5.32 Å². The number of hydrogen-bond acceptors (Lipinski definition) is 7. The van der Waals surface area contributed by atoms with Crippen LogP contribution in [-0.2, 0) is 10.1 Å². The van der Waals surface area contributed by atoms with Crippen molar-refractivity contribution in [2.75, 3.05) is 16.8 Å². The molecule has 0 aliphatic heterocycles. The van der Waals surface area contributed by atoms with Crippen LogP contribution in [0, 0.1) is 0 Å². The van der Waals surface area contributed by atoms with Crippen molar-refractivity contribution in [2.45, 2.75) is 4.90 Å². The van der Waals surface area contributed by atoms with Gasteiger partial charge in [0.15, 0.2) is 11.6 Å². The van der Waals surface area contributed by atoms with E-state index < -0.39 is 32.3 Å². The van der Waals surface area contributed by atoms with Crippen molar-refractivity contribution in [3.63, 3.8) is 0 Å². The summed E-state index contributed by atoms with van der Waals surface area (Å²) in [5, 5.41) is 2.92. The van der Waals surface area contributed by atoms with E-state index in [1.807, 2.05) is 0 Å². The molecule has 0 heterocycles. The Hall–Kier alpha value is -2.69. The van der Waals surface area contributed by atoms with Crippen molar-refractivity contribution in [3.05, 3.63) is 76.9 Å². The average molecular weight is 432 g/mol. The molecule has 0 spiro atoms. The second kappa shape index (κ2) is 7.86. The third-order valence-corrected chi connectivity index (χ3v) is 5.56. The minimum Gasteiger partial charge on any atom is -0.399 e. The van der Waals surface area contributed by atoms with E-state index in [-0.39, 0.29) is 57.5 Å². The van der Waals surface area contributed by atoms with Crippen LogP contribution in [0.15, 0.2) is 59.5 Å². The Morgan fingerprint density at radius 2 is 1.37 bits per heavy atom. The third-order valence-electron chi connectivity index (χ3n) is 4.67. The summed E-state index contributed by atoms with van der Waals surface area (Å²) in [5.41, 5.74) is 12.1. The third kappa shape index (κ3) is 3.62. The predicted octanol–water partition coefficient (Wildman–Crippen LogP) is -0.379. The van der Waals surface area contributed by atoms with E-state index >= 15 is 0 Å². The molecule has 0 atom stereocenters. The van der Waals surface area contributed by atoms with Gasteiger partial charge in [-0.25, -0.2) is 0 Å². The number of nitrogens with one attached hydrogen (secondary N) is 1. The van der Waals surface area contributed by atoms with Gasteiger partial charge in [0, 0.05) is 22.5 Å². The average Bonchev–Trinajstić information content (AvgIpc) is 2.68. The van der Waals surface area contributed by atoms with Gasteiger partial charge in [-0.05, 0) is 30.3 Å². The topological polar surface area (TPSA) is 153 Å². The number of ketones is 2. The van der Waals surface area contributed by atoms with Gasteiger partial charge in [0.1, 0.15) is 4.90 Å². The van der Waals surface area contributed by atoms with E-state index in [1.165, 1.54) is 12.1 Å². The van der Waals surface area contributed by atoms with Gasteiger partial charge in [-0.15, -0.1) is 0 Å². The maximum atomic E-state index is 13.2. The van der Waals surface area contributed by atoms with E-state index in [1.54, 1.807) is 36.4 Å². The van der Waals surface area contributed by atoms with Crippen molar-refractivity contribution in [2.24, 2.45) is 0 Å². The quantitative estimate of drug-likeness (QED) is 0.194. The largest absolute Gasteiger partial charge is 1.00 e. The molecule has 3 aromatic carbocycles. The Labute approximate surface area is 194 Å². The normalized spacial score (nSPS) is 12.6. The zero-order valence-corrected chi connectivity index (χ0v) is 18.7. The minimum absolute atomic E-state index is 0. The van der Waals surface area contributed by atoms with Crippen LogP contribution in [0.4, 0.5) is 22.7 Å². The molecule has 10 heteroatoms. The van der Waals surface area contributed by atoms with Gasteiger partial charge in [0.2, 0.25) is 0 Å². The first kappa shape index (κ1) is 22.0. The zero-order valence-electron chi connectivity index (χ0n) is 15.8. The van der Waals surface area contributed by atoms with Crippen molar-refractivity contribution in [3.8, 4) is 0 Å². The van der Waals surface area contributed by atoms with Gasteiger partial charge in [-0.3, -0.25) is 14.1 Å². The number of fused-ring (bicyclic) bond motifs is 2. The zero-order chi connectivity index (χ0) is 20.9. The summed E-state index contributed by atoms with van der Waals surface area (Å²) in [5.74, 6) is -1.08. The van der Waals surface area contributed by atoms with Crippen LogP contribution in [0.25, 0.3) is 0 Å². The van der Waals surface area contributed by atoms with Gasteiger partial charge >= 0.3 is 29.6 Å². The molecule has 8 nitrogen and oxygen atoms in total. The number of anilines is 4. The van der Waals surface area contributed by atoms with Crippen molar-refractivity contribution in [1.29, 1.82) is 0 Å². The van der Waals surface area contributed by atoms with Gasteiger partial charge in [-0.2, -0.15) is 8.42 Å². The molecule has 6 N–H and O–H groups in total. The number of benzene rings is 3. The SMILES string of the molecule is Nc1ccc(Nc2cc(S(=O)(=O)O)c(N)c3c2C(=O)c2ccccc2C3=O)cc1.[Na+]. The maximum absolute atomic E-state index is 13.2. The first-order valence-electron chi connectivity index (χ1n) is 8.43. The molecule has 0 saturated carbocycles. The predicted molar refractivity (Wildman–Crippen MR) is 108 cm³/mol. The monoisotopic (exact) mass is 432 g/mol. The Morgan fingerprint density at radius 3 is 1.90 bits per heavy atom. The van der Waals surface area contributed by atoms with E-state index in [4.69, 9.17) is 11.5 Å². The molecule has 0 unspecified atom stereocenters. The molecule has 0 fully saturated rings. The number of carbonyl (C=O) groups excluding carboxylic acids is 2. The van der Waals surface area contributed by atoms with Crippen LogP contribution in [0.2, 0.25) is 0 Å². The van der Waals surface area contributed by atoms with E-state index in [9.17, 15) is 22.6 Å². The standard InChI is InChI=1S/C20H15N3O5S.Na/c21-10-5-7-11(8-6-10)23-14-9-15(29(26,27)28)18(22)17-16(14)19(24)12-3-1-2-4-13(12)20(17)25;/h1-9,23H,21-22H2,(H,26,27,28);/q;+1. The van der Waals surface area contributed by atoms with Crippen LogP contribution < -0.4 is 46.3 Å². The summed E-state index contributed by atoms with van der Waals surface area (Å²) in [6.45, 7) is 0. The van der Waals surface area contributed by atoms with Crippen LogP contribution in [0.1, 0.15) is 31.8 Å². The number of carbonyl (C=O) groups is 2. The Bertz CT molecular complexity index is 1300. The van der Waals surface area contributed by atoms with Crippen molar-refractivity contribution >= 4 is 44.4 Å². The Balaban J connectivity index is 0.00000256. The summed E-state index contributed by atoms with van der Waals surface area (Å²) < 4.78 is 33.3. The number of nitrogen functional groups attached to an aromatic ring is 2. The molecule has 1 aliphatic rings. The van der Waals surface area contributed by atoms with E-state index in [0.29, 0.717) is 11.4 Å². The summed E-state index contributed by atoms with van der Waals surface area (Å²) in [4.78, 5) is 25.5. The number of rotatable bonds is 3. The molecular weight excluding hydrogens is 417 g/mol. The van der Waals surface area contributed by atoms with Crippen molar-refractivity contribution < 1.29 is 52.1 Å². The van der Waals surface area contributed by atoms with Crippen LogP contribution in [0.5, 0.6) is 0 Å². The summed E-state index contributed by atoms with van der Waals surface area (Å²) in [6.07, 6.45) is 0. The van der Waals surface area contributed by atoms with Crippen LogP contribution in [-0.4, -0.2) is 24.5 Å². The first-order chi connectivity index (χ1) is 13.7. The van der Waals surface area contributed by atoms with Gasteiger partial charge < -0.3 is 16.8 Å².